The van der Waals surface area contributed by atoms with Gasteiger partial charge in [-0.2, -0.15) is 0 Å². The number of amides is 3. The lowest BCUT2D eigenvalue weighted by molar-refractivity contribution is -0.128. The Hall–Kier alpha value is -2.28. The van der Waals surface area contributed by atoms with Gasteiger partial charge < -0.3 is 20.6 Å². The van der Waals surface area contributed by atoms with Crippen LogP contribution in [0.25, 0.3) is 0 Å². The molecule has 0 aromatic heterocycles. The first kappa shape index (κ1) is 16.8. The van der Waals surface area contributed by atoms with Crippen LogP contribution in [0.1, 0.15) is 17.3 Å². The van der Waals surface area contributed by atoms with E-state index >= 15 is 0 Å². The van der Waals surface area contributed by atoms with Crippen LogP contribution in [0, 0.1) is 0 Å². The maximum atomic E-state index is 11.6. The summed E-state index contributed by atoms with van der Waals surface area (Å²) in [6.45, 7) is 2.22. The Labute approximate surface area is 126 Å². The van der Waals surface area contributed by atoms with Gasteiger partial charge in [-0.1, -0.05) is 11.6 Å². The fourth-order valence-electron chi connectivity index (χ4n) is 1.41. The Morgan fingerprint density at radius 1 is 1.33 bits per heavy atom. The monoisotopic (exact) mass is 313 g/mol. The van der Waals surface area contributed by atoms with Crippen LogP contribution in [0.5, 0.6) is 0 Å². The van der Waals surface area contributed by atoms with E-state index in [0.717, 1.165) is 0 Å². The Balaban J connectivity index is 2.61. The molecule has 0 heterocycles. The maximum Gasteiger partial charge on any atom is 0.337 e. The molecule has 0 bridgehead atoms. The third-order valence-corrected chi connectivity index (χ3v) is 3.08. The topological polar surface area (TPSA) is 98.7 Å². The Morgan fingerprint density at radius 3 is 2.57 bits per heavy atom. The van der Waals surface area contributed by atoms with Crippen molar-refractivity contribution in [3.05, 3.63) is 28.8 Å². The fourth-order valence-corrected chi connectivity index (χ4v) is 1.61. The molecule has 0 aliphatic carbocycles. The van der Waals surface area contributed by atoms with Gasteiger partial charge in [0, 0.05) is 19.3 Å². The molecule has 0 spiro atoms. The highest BCUT2D eigenvalue weighted by molar-refractivity contribution is 6.33. The molecule has 0 saturated carbocycles. The average molecular weight is 314 g/mol. The van der Waals surface area contributed by atoms with Gasteiger partial charge >= 0.3 is 12.0 Å². The van der Waals surface area contributed by atoms with Crippen molar-refractivity contribution >= 4 is 35.2 Å². The molecule has 1 aromatic carbocycles. The molecule has 0 radical (unpaired) electrons. The van der Waals surface area contributed by atoms with Crippen LogP contribution in [0.3, 0.4) is 0 Å². The second-order valence-corrected chi connectivity index (χ2v) is 4.62. The fraction of sp³-hybridized carbons (Fsp3) is 0.308. The van der Waals surface area contributed by atoms with Crippen molar-refractivity contribution in [3.8, 4) is 0 Å². The van der Waals surface area contributed by atoms with Crippen LogP contribution < -0.4 is 10.6 Å². The molecule has 0 aliphatic heterocycles. The van der Waals surface area contributed by atoms with Crippen molar-refractivity contribution in [2.24, 2.45) is 0 Å². The minimum Gasteiger partial charge on any atom is -0.478 e. The lowest BCUT2D eigenvalue weighted by Gasteiger charge is -2.15. The number of aromatic carboxylic acids is 1. The summed E-state index contributed by atoms with van der Waals surface area (Å²) in [5, 5.41) is 13.8. The van der Waals surface area contributed by atoms with E-state index in [1.54, 1.807) is 7.05 Å². The van der Waals surface area contributed by atoms with Crippen LogP contribution in [-0.4, -0.2) is 48.1 Å². The van der Waals surface area contributed by atoms with Gasteiger partial charge in [0.05, 0.1) is 17.1 Å². The Bertz CT molecular complexity index is 562. The van der Waals surface area contributed by atoms with Crippen LogP contribution in [0.4, 0.5) is 10.5 Å². The molecular formula is C13H16ClN3O4. The number of rotatable bonds is 5. The van der Waals surface area contributed by atoms with Crippen molar-refractivity contribution in [3.63, 3.8) is 0 Å². The van der Waals surface area contributed by atoms with Crippen molar-refractivity contribution in [1.82, 2.24) is 10.2 Å². The molecule has 3 N–H and O–H groups in total. The SMILES string of the molecule is CCN(C)C(=O)CNC(=O)Nc1ccc(Cl)c(C(=O)O)c1. The zero-order valence-electron chi connectivity index (χ0n) is 11.6. The number of hydrogen-bond donors (Lipinski definition) is 3. The molecule has 0 unspecified atom stereocenters. The molecule has 0 fully saturated rings. The van der Waals surface area contributed by atoms with Crippen LogP contribution in [-0.2, 0) is 4.79 Å². The number of benzene rings is 1. The number of anilines is 1. The van der Waals surface area contributed by atoms with Gasteiger partial charge in [-0.3, -0.25) is 4.79 Å². The Kier molecular flexibility index (Phi) is 5.98. The van der Waals surface area contributed by atoms with Gasteiger partial charge in [0.15, 0.2) is 0 Å². The van der Waals surface area contributed by atoms with Crippen molar-refractivity contribution in [1.29, 1.82) is 0 Å². The lowest BCUT2D eigenvalue weighted by atomic mass is 10.2. The maximum absolute atomic E-state index is 11.6. The zero-order valence-corrected chi connectivity index (χ0v) is 12.4. The van der Waals surface area contributed by atoms with Crippen LogP contribution in [0.15, 0.2) is 18.2 Å². The summed E-state index contributed by atoms with van der Waals surface area (Å²) in [4.78, 5) is 35.5. The highest BCUT2D eigenvalue weighted by Gasteiger charge is 2.12. The summed E-state index contributed by atoms with van der Waals surface area (Å²) in [5.41, 5.74) is 0.154. The highest BCUT2D eigenvalue weighted by Crippen LogP contribution is 2.20. The lowest BCUT2D eigenvalue weighted by Crippen LogP contribution is -2.39. The van der Waals surface area contributed by atoms with E-state index in [2.05, 4.69) is 10.6 Å². The van der Waals surface area contributed by atoms with Gasteiger partial charge in [-0.25, -0.2) is 9.59 Å². The molecule has 3 amide bonds. The van der Waals surface area contributed by atoms with E-state index < -0.39 is 12.0 Å². The van der Waals surface area contributed by atoms with E-state index in [1.165, 1.54) is 23.1 Å². The van der Waals surface area contributed by atoms with Crippen LogP contribution >= 0.6 is 11.6 Å². The standard InChI is InChI=1S/C13H16ClN3O4/c1-3-17(2)11(18)7-15-13(21)16-8-4-5-10(14)9(6-8)12(19)20/h4-6H,3,7H2,1-2H3,(H,19,20)(H2,15,16,21). The van der Waals surface area contributed by atoms with Gasteiger partial charge in [-0.15, -0.1) is 0 Å². The summed E-state index contributed by atoms with van der Waals surface area (Å²) in [7, 11) is 1.63. The molecule has 0 aliphatic rings. The van der Waals surface area contributed by atoms with E-state index in [4.69, 9.17) is 16.7 Å². The number of nitrogens with zero attached hydrogens (tertiary/aromatic N) is 1. The van der Waals surface area contributed by atoms with Gasteiger partial charge in [0.1, 0.15) is 0 Å². The first-order valence-corrected chi connectivity index (χ1v) is 6.54. The number of halogens is 1. The highest BCUT2D eigenvalue weighted by atomic mass is 35.5. The number of hydrogen-bond acceptors (Lipinski definition) is 3. The third kappa shape index (κ3) is 4.96. The molecule has 0 atom stereocenters. The first-order valence-electron chi connectivity index (χ1n) is 6.16. The second-order valence-electron chi connectivity index (χ2n) is 4.22. The molecule has 0 saturated heterocycles. The molecule has 21 heavy (non-hydrogen) atoms. The number of carbonyl (C=O) groups excluding carboxylic acids is 2. The molecule has 1 aromatic rings. The molecular weight excluding hydrogens is 298 g/mol. The Morgan fingerprint density at radius 2 is 2.00 bits per heavy atom. The second kappa shape index (κ2) is 7.49. The number of carboxylic acids is 1. The largest absolute Gasteiger partial charge is 0.478 e. The summed E-state index contributed by atoms with van der Waals surface area (Å²) in [5.74, 6) is -1.42. The third-order valence-electron chi connectivity index (χ3n) is 2.75. The summed E-state index contributed by atoms with van der Waals surface area (Å²) in [6, 6.07) is 3.47. The number of carbonyl (C=O) groups is 3. The summed E-state index contributed by atoms with van der Waals surface area (Å²) < 4.78 is 0. The van der Waals surface area contributed by atoms with E-state index in [-0.39, 0.29) is 28.7 Å². The quantitative estimate of drug-likeness (QED) is 0.769. The van der Waals surface area contributed by atoms with Crippen LogP contribution in [0.2, 0.25) is 5.02 Å². The first-order chi connectivity index (χ1) is 9.85. The van der Waals surface area contributed by atoms with E-state index in [0.29, 0.717) is 6.54 Å². The average Bonchev–Trinajstić information content (AvgIpc) is 2.45. The van der Waals surface area contributed by atoms with Gasteiger partial charge in [0.25, 0.3) is 0 Å². The van der Waals surface area contributed by atoms with Crippen molar-refractivity contribution in [2.45, 2.75) is 6.92 Å². The number of likely N-dealkylation sites (N-methyl/N-ethyl adjacent to an activating group) is 1. The van der Waals surface area contributed by atoms with E-state index in [1.807, 2.05) is 6.92 Å². The minimum absolute atomic E-state index is 0.0770. The van der Waals surface area contributed by atoms with Gasteiger partial charge in [0.2, 0.25) is 5.91 Å². The van der Waals surface area contributed by atoms with E-state index in [9.17, 15) is 14.4 Å². The zero-order chi connectivity index (χ0) is 16.0. The molecule has 8 heteroatoms. The summed E-state index contributed by atoms with van der Waals surface area (Å²) in [6.07, 6.45) is 0. The number of nitrogens with one attached hydrogen (secondary N) is 2. The minimum atomic E-state index is -1.19. The summed E-state index contributed by atoms with van der Waals surface area (Å²) >= 11 is 5.72. The van der Waals surface area contributed by atoms with Gasteiger partial charge in [-0.05, 0) is 25.1 Å². The predicted molar refractivity (Wildman–Crippen MR) is 78.7 cm³/mol. The molecule has 1 rings (SSSR count). The molecule has 7 nitrogen and oxygen atoms in total. The smallest absolute Gasteiger partial charge is 0.337 e. The van der Waals surface area contributed by atoms with Crippen molar-refractivity contribution in [2.75, 3.05) is 25.5 Å². The predicted octanol–water partition coefficient (Wildman–Crippen LogP) is 1.64. The number of carboxylic acid groups (broad SMARTS) is 1. The van der Waals surface area contributed by atoms with Crippen molar-refractivity contribution < 1.29 is 19.5 Å². The molecule has 114 valence electrons. The normalized spacial score (nSPS) is 9.86. The number of urea groups is 1.